The molecule has 0 aliphatic heterocycles. The molecule has 2 bridgehead atoms. The van der Waals surface area contributed by atoms with Crippen LogP contribution in [0.1, 0.15) is 47.8 Å². The van der Waals surface area contributed by atoms with Crippen LogP contribution in [0.4, 0.5) is 18.9 Å². The molecule has 1 amide bonds. The third-order valence-electron chi connectivity index (χ3n) is 7.84. The first-order chi connectivity index (χ1) is 18.4. The number of nitrogens with one attached hydrogen (secondary N) is 1. The van der Waals surface area contributed by atoms with Crippen molar-refractivity contribution in [3.05, 3.63) is 88.5 Å². The fourth-order valence-corrected chi connectivity index (χ4v) is 8.28. The van der Waals surface area contributed by atoms with Crippen LogP contribution < -0.4 is 5.32 Å². The van der Waals surface area contributed by atoms with Crippen molar-refractivity contribution in [1.82, 2.24) is 4.98 Å². The normalized spacial score (nSPS) is 25.3. The molecule has 2 unspecified atom stereocenters. The van der Waals surface area contributed by atoms with E-state index in [1.54, 1.807) is 0 Å². The first-order valence-electron chi connectivity index (χ1n) is 12.2. The van der Waals surface area contributed by atoms with E-state index in [2.05, 4.69) is 10.3 Å². The van der Waals surface area contributed by atoms with Gasteiger partial charge in [-0.1, -0.05) is 17.7 Å². The molecule has 5 rings (SSSR count). The maximum atomic E-state index is 13.7. The average molecular weight is 581 g/mol. The van der Waals surface area contributed by atoms with Gasteiger partial charge in [-0.15, -0.1) is 0 Å². The Labute approximate surface area is 227 Å². The van der Waals surface area contributed by atoms with Crippen LogP contribution in [-0.4, -0.2) is 40.4 Å². The van der Waals surface area contributed by atoms with E-state index in [9.17, 15) is 36.6 Å². The minimum Gasteiger partial charge on any atom is -0.386 e. The minimum absolute atomic E-state index is 0.0172. The third-order valence-corrected chi connectivity index (χ3v) is 10.5. The SMILES string of the molecule is O=C(Nc1ccc(F)c(F)c1)c1ccc(Cl)c(S(=O)(=O)C2C[C@H]3CC[C@@H](C2)C3(O)[C@H](O)c2cccc(F)n2)c1. The highest BCUT2D eigenvalue weighted by Crippen LogP contribution is 2.56. The van der Waals surface area contributed by atoms with Gasteiger partial charge in [0.25, 0.3) is 5.91 Å². The molecule has 1 aromatic heterocycles. The highest BCUT2D eigenvalue weighted by molar-refractivity contribution is 7.92. The molecular weight excluding hydrogens is 557 g/mol. The summed E-state index contributed by atoms with van der Waals surface area (Å²) in [6, 6.07) is 10.4. The second-order valence-electron chi connectivity index (χ2n) is 10.0. The maximum Gasteiger partial charge on any atom is 0.255 e. The molecule has 3 N–H and O–H groups in total. The smallest absolute Gasteiger partial charge is 0.255 e. The van der Waals surface area contributed by atoms with Gasteiger partial charge in [0, 0.05) is 17.3 Å². The van der Waals surface area contributed by atoms with E-state index in [0.717, 1.165) is 30.3 Å². The van der Waals surface area contributed by atoms with Crippen molar-refractivity contribution in [2.45, 2.75) is 47.5 Å². The lowest BCUT2D eigenvalue weighted by Crippen LogP contribution is -2.52. The van der Waals surface area contributed by atoms with Crippen LogP contribution in [0, 0.1) is 29.4 Å². The summed E-state index contributed by atoms with van der Waals surface area (Å²) in [4.78, 5) is 16.2. The molecule has 206 valence electrons. The number of carbonyl (C=O) groups is 1. The van der Waals surface area contributed by atoms with Gasteiger partial charge >= 0.3 is 0 Å². The quantitative estimate of drug-likeness (QED) is 0.360. The summed E-state index contributed by atoms with van der Waals surface area (Å²) in [6.45, 7) is 0. The second-order valence-corrected chi connectivity index (χ2v) is 12.6. The number of halogens is 4. The van der Waals surface area contributed by atoms with Crippen LogP contribution >= 0.6 is 11.6 Å². The molecular formula is C27H24ClF3N2O5S. The van der Waals surface area contributed by atoms with Gasteiger partial charge in [0.1, 0.15) is 11.7 Å². The second kappa shape index (κ2) is 10.2. The number of aliphatic hydroxyl groups excluding tert-OH is 1. The molecule has 0 radical (unpaired) electrons. The first kappa shape index (κ1) is 27.6. The molecule has 12 heteroatoms. The number of pyridine rings is 1. The van der Waals surface area contributed by atoms with Gasteiger partial charge in [-0.2, -0.15) is 4.39 Å². The lowest BCUT2D eigenvalue weighted by atomic mass is 9.70. The lowest BCUT2D eigenvalue weighted by Gasteiger charge is -2.45. The zero-order chi connectivity index (χ0) is 28.1. The lowest BCUT2D eigenvalue weighted by molar-refractivity contribution is -0.146. The number of fused-ring (bicyclic) bond motifs is 2. The van der Waals surface area contributed by atoms with E-state index in [1.807, 2.05) is 0 Å². The first-order valence-corrected chi connectivity index (χ1v) is 14.2. The van der Waals surface area contributed by atoms with Gasteiger partial charge in [0.05, 0.1) is 20.9 Å². The van der Waals surface area contributed by atoms with Crippen LogP contribution in [0.5, 0.6) is 0 Å². The summed E-state index contributed by atoms with van der Waals surface area (Å²) in [5.74, 6) is -5.00. The van der Waals surface area contributed by atoms with Crippen LogP contribution in [0.3, 0.4) is 0 Å². The third kappa shape index (κ3) is 4.93. The molecule has 3 aromatic rings. The summed E-state index contributed by atoms with van der Waals surface area (Å²) in [7, 11) is -4.10. The van der Waals surface area contributed by atoms with Gasteiger partial charge in [0.15, 0.2) is 21.5 Å². The Morgan fingerprint density at radius 1 is 1.03 bits per heavy atom. The average Bonchev–Trinajstić information content (AvgIpc) is 3.05. The number of amides is 1. The fourth-order valence-electron chi connectivity index (χ4n) is 5.87. The number of hydrogen-bond acceptors (Lipinski definition) is 6. The van der Waals surface area contributed by atoms with Gasteiger partial charge in [-0.25, -0.2) is 22.2 Å². The maximum absolute atomic E-state index is 13.7. The molecule has 0 saturated heterocycles. The Morgan fingerprint density at radius 2 is 1.72 bits per heavy atom. The van der Waals surface area contributed by atoms with Crippen molar-refractivity contribution in [2.75, 3.05) is 5.32 Å². The summed E-state index contributed by atoms with van der Waals surface area (Å²) in [5.41, 5.74) is -1.79. The van der Waals surface area contributed by atoms with Crippen molar-refractivity contribution < 1.29 is 36.6 Å². The standard InChI is InChI=1S/C27H24ClF3N2O5S/c28-19-8-4-14(26(35)32-17-7-9-20(29)21(30)13-17)10-23(19)39(37,38)18-11-15-5-6-16(12-18)27(15,36)25(34)22-2-1-3-24(31)33-22/h1-4,7-10,13,15-16,18,25,34,36H,5-6,11-12H2,(H,32,35)/t15-,16+,18?,25-,27?/m1/s1. The number of carbonyl (C=O) groups excluding carboxylic acids is 1. The Balaban J connectivity index is 1.39. The molecule has 2 aliphatic carbocycles. The molecule has 0 spiro atoms. The number of benzene rings is 2. The molecule has 7 nitrogen and oxygen atoms in total. The number of sulfone groups is 1. The molecule has 2 aromatic carbocycles. The molecule has 1 heterocycles. The minimum atomic E-state index is -4.10. The predicted molar refractivity (Wildman–Crippen MR) is 136 cm³/mol. The largest absolute Gasteiger partial charge is 0.386 e. The molecule has 5 atom stereocenters. The number of aliphatic hydroxyl groups is 2. The van der Waals surface area contributed by atoms with E-state index in [0.29, 0.717) is 12.8 Å². The molecule has 39 heavy (non-hydrogen) atoms. The topological polar surface area (TPSA) is 117 Å². The number of aromatic nitrogens is 1. The van der Waals surface area contributed by atoms with Crippen molar-refractivity contribution in [3.63, 3.8) is 0 Å². The number of nitrogens with zero attached hydrogens (tertiary/aromatic N) is 1. The number of anilines is 1. The highest BCUT2D eigenvalue weighted by atomic mass is 35.5. The van der Waals surface area contributed by atoms with E-state index in [1.165, 1.54) is 24.3 Å². The number of rotatable bonds is 6. The van der Waals surface area contributed by atoms with E-state index in [4.69, 9.17) is 11.6 Å². The van der Waals surface area contributed by atoms with Gasteiger partial charge in [-0.05, 0) is 80.0 Å². The van der Waals surface area contributed by atoms with Crippen LogP contribution in [0.25, 0.3) is 0 Å². The van der Waals surface area contributed by atoms with Crippen molar-refractivity contribution >= 4 is 33.0 Å². The Bertz CT molecular complexity index is 1540. The zero-order valence-electron chi connectivity index (χ0n) is 20.3. The molecule has 2 fully saturated rings. The predicted octanol–water partition coefficient (Wildman–Crippen LogP) is 4.83. The summed E-state index contributed by atoms with van der Waals surface area (Å²) < 4.78 is 67.8. The highest BCUT2D eigenvalue weighted by Gasteiger charge is 2.59. The van der Waals surface area contributed by atoms with Crippen LogP contribution in [0.15, 0.2) is 59.5 Å². The van der Waals surface area contributed by atoms with Crippen LogP contribution in [-0.2, 0) is 9.84 Å². The number of hydrogen-bond donors (Lipinski definition) is 3. The zero-order valence-corrected chi connectivity index (χ0v) is 21.9. The van der Waals surface area contributed by atoms with E-state index >= 15 is 0 Å². The van der Waals surface area contributed by atoms with E-state index in [-0.39, 0.29) is 39.7 Å². The molecule has 2 aliphatic rings. The monoisotopic (exact) mass is 580 g/mol. The van der Waals surface area contributed by atoms with Gasteiger partial charge < -0.3 is 15.5 Å². The summed E-state index contributed by atoms with van der Waals surface area (Å²) in [6.07, 6.45) is -0.540. The Kier molecular flexibility index (Phi) is 7.21. The van der Waals surface area contributed by atoms with Gasteiger partial charge in [0.2, 0.25) is 5.95 Å². The molecule has 2 saturated carbocycles. The van der Waals surface area contributed by atoms with Crippen molar-refractivity contribution in [3.8, 4) is 0 Å². The van der Waals surface area contributed by atoms with Crippen LogP contribution in [0.2, 0.25) is 5.02 Å². The summed E-state index contributed by atoms with van der Waals surface area (Å²) in [5, 5.41) is 23.9. The van der Waals surface area contributed by atoms with Gasteiger partial charge in [-0.3, -0.25) is 4.79 Å². The van der Waals surface area contributed by atoms with Crippen molar-refractivity contribution in [1.29, 1.82) is 0 Å². The Hall–Kier alpha value is -2.99. The van der Waals surface area contributed by atoms with Crippen molar-refractivity contribution in [2.24, 2.45) is 11.8 Å². The fraction of sp³-hybridized carbons (Fsp3) is 0.333. The Morgan fingerprint density at radius 3 is 2.36 bits per heavy atom. The van der Waals surface area contributed by atoms with E-state index < -0.39 is 62.1 Å². The summed E-state index contributed by atoms with van der Waals surface area (Å²) >= 11 is 6.26.